The monoisotopic (exact) mass is 520 g/mol. The van der Waals surface area contributed by atoms with E-state index in [9.17, 15) is 23.9 Å². The smallest absolute Gasteiger partial charge is 0.335 e. The molecular weight excluding hydrogens is 499 g/mol. The van der Waals surface area contributed by atoms with E-state index < -0.39 is 17.8 Å². The number of hydrogen-bond acceptors (Lipinski definition) is 6. The summed E-state index contributed by atoms with van der Waals surface area (Å²) in [5.41, 5.74) is 0.795. The van der Waals surface area contributed by atoms with Gasteiger partial charge in [0.05, 0.1) is 17.9 Å². The number of carbonyl (C=O) groups is 3. The van der Waals surface area contributed by atoms with Gasteiger partial charge in [0.2, 0.25) is 0 Å². The Morgan fingerprint density at radius 2 is 1.84 bits per heavy atom. The molecule has 1 saturated heterocycles. The van der Waals surface area contributed by atoms with Crippen LogP contribution in [-0.2, 0) is 16.2 Å². The third-order valence-electron chi connectivity index (χ3n) is 5.37. The van der Waals surface area contributed by atoms with Crippen LogP contribution in [0.15, 0.2) is 72.3 Å². The minimum Gasteiger partial charge on any atom is -0.490 e. The van der Waals surface area contributed by atoms with Gasteiger partial charge < -0.3 is 14.6 Å². The van der Waals surface area contributed by atoms with Crippen molar-refractivity contribution in [2.45, 2.75) is 13.5 Å². The van der Waals surface area contributed by atoms with Gasteiger partial charge in [-0.2, -0.15) is 0 Å². The van der Waals surface area contributed by atoms with E-state index >= 15 is 0 Å². The maximum atomic E-state index is 14.0. The van der Waals surface area contributed by atoms with Gasteiger partial charge in [-0.05, 0) is 67.2 Å². The van der Waals surface area contributed by atoms with Crippen LogP contribution in [0.25, 0.3) is 6.08 Å². The zero-order chi connectivity index (χ0) is 26.5. The number of ether oxygens (including phenoxy) is 2. The maximum Gasteiger partial charge on any atom is 0.335 e. The van der Waals surface area contributed by atoms with Gasteiger partial charge >= 0.3 is 5.97 Å². The Bertz CT molecular complexity index is 1440. The molecule has 4 rings (SSSR count). The van der Waals surface area contributed by atoms with E-state index in [1.54, 1.807) is 43.3 Å². The number of anilines is 1. The number of nitrogens with one attached hydrogen (secondary N) is 1. The third kappa shape index (κ3) is 5.65. The molecule has 0 atom stereocenters. The summed E-state index contributed by atoms with van der Waals surface area (Å²) >= 11 is 5.18. The number of carboxylic acids is 1. The van der Waals surface area contributed by atoms with Crippen molar-refractivity contribution in [2.24, 2.45) is 0 Å². The van der Waals surface area contributed by atoms with Gasteiger partial charge in [0.15, 0.2) is 16.6 Å². The highest BCUT2D eigenvalue weighted by molar-refractivity contribution is 7.80. The van der Waals surface area contributed by atoms with E-state index in [1.165, 1.54) is 36.4 Å². The first-order valence-electron chi connectivity index (χ1n) is 11.2. The van der Waals surface area contributed by atoms with Crippen LogP contribution in [0.2, 0.25) is 0 Å². The minimum absolute atomic E-state index is 0.0180. The fourth-order valence-corrected chi connectivity index (χ4v) is 3.89. The number of hydrogen-bond donors (Lipinski definition) is 2. The second-order valence-electron chi connectivity index (χ2n) is 7.83. The number of amides is 2. The van der Waals surface area contributed by atoms with Crippen LogP contribution in [0, 0.1) is 5.82 Å². The van der Waals surface area contributed by atoms with Crippen molar-refractivity contribution in [1.29, 1.82) is 0 Å². The standard InChI is InChI=1S/C27H21FN2O6S/c1-2-35-23-13-16(10-11-22(23)36-15-18-6-3-4-9-21(18)28)12-20-24(31)29-27(37)30(25(20)32)19-8-5-7-17(14-19)26(33)34/h3-14H,2,15H2,1H3,(H,33,34)(H,29,31,37). The Balaban J connectivity index is 1.63. The zero-order valence-corrected chi connectivity index (χ0v) is 20.4. The molecule has 0 aliphatic carbocycles. The molecule has 1 aliphatic heterocycles. The van der Waals surface area contributed by atoms with E-state index in [4.69, 9.17) is 21.7 Å². The van der Waals surface area contributed by atoms with Crippen LogP contribution in [0.5, 0.6) is 11.5 Å². The number of nitrogens with zero attached hydrogens (tertiary/aromatic N) is 1. The number of rotatable bonds is 8. The van der Waals surface area contributed by atoms with Crippen LogP contribution < -0.4 is 19.7 Å². The normalized spacial score (nSPS) is 14.5. The molecule has 2 amide bonds. The van der Waals surface area contributed by atoms with Crippen molar-refractivity contribution in [3.8, 4) is 11.5 Å². The summed E-state index contributed by atoms with van der Waals surface area (Å²) in [7, 11) is 0. The molecule has 0 spiro atoms. The molecule has 0 bridgehead atoms. The number of carbonyl (C=O) groups excluding carboxylic acids is 2. The van der Waals surface area contributed by atoms with Crippen molar-refractivity contribution in [1.82, 2.24) is 5.32 Å². The fourth-order valence-electron chi connectivity index (χ4n) is 3.61. The van der Waals surface area contributed by atoms with E-state index in [1.807, 2.05) is 0 Å². The Morgan fingerprint density at radius 1 is 1.05 bits per heavy atom. The van der Waals surface area contributed by atoms with Gasteiger partial charge in [-0.3, -0.25) is 19.8 Å². The van der Waals surface area contributed by atoms with Gasteiger partial charge in [0.25, 0.3) is 11.8 Å². The van der Waals surface area contributed by atoms with Crippen LogP contribution >= 0.6 is 12.2 Å². The Hall–Kier alpha value is -4.57. The molecule has 8 nitrogen and oxygen atoms in total. The van der Waals surface area contributed by atoms with Crippen LogP contribution in [0.4, 0.5) is 10.1 Å². The summed E-state index contributed by atoms with van der Waals surface area (Å²) in [6.07, 6.45) is 1.37. The second kappa shape index (κ2) is 11.0. The van der Waals surface area contributed by atoms with Crippen LogP contribution in [0.1, 0.15) is 28.4 Å². The largest absolute Gasteiger partial charge is 0.490 e. The molecule has 1 aliphatic rings. The molecular formula is C27H21FN2O6S. The molecule has 37 heavy (non-hydrogen) atoms. The first-order valence-corrected chi connectivity index (χ1v) is 11.6. The molecule has 10 heteroatoms. The summed E-state index contributed by atoms with van der Waals surface area (Å²) in [4.78, 5) is 38.3. The van der Waals surface area contributed by atoms with Gasteiger partial charge in [0, 0.05) is 5.56 Å². The van der Waals surface area contributed by atoms with Crippen LogP contribution in [0.3, 0.4) is 0 Å². The molecule has 3 aromatic carbocycles. The highest BCUT2D eigenvalue weighted by Crippen LogP contribution is 2.31. The second-order valence-corrected chi connectivity index (χ2v) is 8.22. The lowest BCUT2D eigenvalue weighted by atomic mass is 10.1. The maximum absolute atomic E-state index is 14.0. The van der Waals surface area contributed by atoms with Crippen molar-refractivity contribution in [3.63, 3.8) is 0 Å². The van der Waals surface area contributed by atoms with E-state index in [0.29, 0.717) is 29.2 Å². The summed E-state index contributed by atoms with van der Waals surface area (Å²) in [6.45, 7) is 2.08. The highest BCUT2D eigenvalue weighted by Gasteiger charge is 2.34. The number of thiocarbonyl (C=S) groups is 1. The quantitative estimate of drug-likeness (QED) is 0.259. The van der Waals surface area contributed by atoms with Crippen molar-refractivity contribution >= 4 is 46.9 Å². The fraction of sp³-hybridized carbons (Fsp3) is 0.111. The number of carboxylic acid groups (broad SMARTS) is 1. The highest BCUT2D eigenvalue weighted by atomic mass is 32.1. The van der Waals surface area contributed by atoms with E-state index in [0.717, 1.165) is 4.90 Å². The molecule has 188 valence electrons. The number of halogens is 1. The molecule has 0 unspecified atom stereocenters. The SMILES string of the molecule is CCOc1cc(C=C2C(=O)NC(=S)N(c3cccc(C(=O)O)c3)C2=O)ccc1OCc1ccccc1F. The molecule has 3 aromatic rings. The summed E-state index contributed by atoms with van der Waals surface area (Å²) < 4.78 is 25.4. The average molecular weight is 521 g/mol. The van der Waals surface area contributed by atoms with Gasteiger partial charge in [0.1, 0.15) is 18.0 Å². The van der Waals surface area contributed by atoms with Gasteiger partial charge in [-0.1, -0.05) is 30.3 Å². The van der Waals surface area contributed by atoms with Crippen molar-refractivity contribution < 1.29 is 33.4 Å². The molecule has 0 aromatic heterocycles. The average Bonchev–Trinajstić information content (AvgIpc) is 2.87. The molecule has 2 N–H and O–H groups in total. The summed E-state index contributed by atoms with van der Waals surface area (Å²) in [6, 6.07) is 16.7. The van der Waals surface area contributed by atoms with Gasteiger partial charge in [-0.15, -0.1) is 0 Å². The predicted molar refractivity (Wildman–Crippen MR) is 138 cm³/mol. The lowest BCUT2D eigenvalue weighted by Gasteiger charge is -2.29. The molecule has 0 radical (unpaired) electrons. The molecule has 1 fully saturated rings. The number of aromatic carboxylic acids is 1. The lowest BCUT2D eigenvalue weighted by molar-refractivity contribution is -0.122. The van der Waals surface area contributed by atoms with Crippen LogP contribution in [-0.4, -0.2) is 34.6 Å². The lowest BCUT2D eigenvalue weighted by Crippen LogP contribution is -2.54. The van der Waals surface area contributed by atoms with Crippen molar-refractivity contribution in [2.75, 3.05) is 11.5 Å². The Labute approximate surface area is 216 Å². The van der Waals surface area contributed by atoms with Crippen molar-refractivity contribution in [3.05, 3.63) is 94.8 Å². The summed E-state index contributed by atoms with van der Waals surface area (Å²) in [5.74, 6) is -2.26. The van der Waals surface area contributed by atoms with Gasteiger partial charge in [-0.25, -0.2) is 9.18 Å². The number of benzene rings is 3. The van der Waals surface area contributed by atoms with E-state index in [-0.39, 0.29) is 34.4 Å². The minimum atomic E-state index is -1.17. The topological polar surface area (TPSA) is 105 Å². The summed E-state index contributed by atoms with van der Waals surface area (Å²) in [5, 5.41) is 11.6. The van der Waals surface area contributed by atoms with E-state index in [2.05, 4.69) is 5.32 Å². The Morgan fingerprint density at radius 3 is 2.57 bits per heavy atom. The third-order valence-corrected chi connectivity index (χ3v) is 5.66. The first-order chi connectivity index (χ1) is 17.8. The molecule has 0 saturated carbocycles. The predicted octanol–water partition coefficient (Wildman–Crippen LogP) is 4.33. The zero-order valence-electron chi connectivity index (χ0n) is 19.6. The molecule has 1 heterocycles. The first kappa shape index (κ1) is 25.5. The Kier molecular flexibility index (Phi) is 7.59.